The number of nitrogens with one attached hydrogen (secondary N) is 1. The molecule has 2 aliphatic heterocycles. The average Bonchev–Trinajstić information content (AvgIpc) is 3.44. The van der Waals surface area contributed by atoms with E-state index >= 15 is 0 Å². The largest absolute Gasteiger partial charge is 0.497 e. The minimum absolute atomic E-state index is 0.0932. The van der Waals surface area contributed by atoms with Crippen LogP contribution in [0.5, 0.6) is 5.75 Å². The molecule has 0 radical (unpaired) electrons. The number of hydrogen-bond acceptors (Lipinski definition) is 8. The highest BCUT2D eigenvalue weighted by atomic mass is 35.5. The van der Waals surface area contributed by atoms with E-state index in [4.69, 9.17) is 16.3 Å². The number of nitrogens with zero attached hydrogens (tertiary/aromatic N) is 5. The van der Waals surface area contributed by atoms with E-state index in [2.05, 4.69) is 25.4 Å². The summed E-state index contributed by atoms with van der Waals surface area (Å²) in [5, 5.41) is 13.8. The number of benzene rings is 1. The SMILES string of the molecule is COc1ccc2c(c1)N(CC1CCC(NC(=O)c3cc(Cl)cnc3C)CC1)C(=O)C21CN(c2nnc(C)s2)C1. The molecule has 1 spiro atoms. The number of pyridine rings is 1. The van der Waals surface area contributed by atoms with E-state index in [-0.39, 0.29) is 17.9 Å². The van der Waals surface area contributed by atoms with E-state index in [9.17, 15) is 9.59 Å². The number of hydrogen-bond donors (Lipinski definition) is 1. The Balaban J connectivity index is 1.13. The summed E-state index contributed by atoms with van der Waals surface area (Å²) in [7, 11) is 1.65. The maximum atomic E-state index is 14.0. The molecule has 1 aliphatic carbocycles. The first kappa shape index (κ1) is 26.0. The Kier molecular flexibility index (Phi) is 6.71. The minimum atomic E-state index is -0.560. The fourth-order valence-electron chi connectivity index (χ4n) is 6.14. The first-order valence-corrected chi connectivity index (χ1v) is 14.5. The van der Waals surface area contributed by atoms with Gasteiger partial charge in [0.1, 0.15) is 16.2 Å². The van der Waals surface area contributed by atoms with Crippen LogP contribution in [0.25, 0.3) is 0 Å². The van der Waals surface area contributed by atoms with Crippen molar-refractivity contribution in [3.63, 3.8) is 0 Å². The quantitative estimate of drug-likeness (QED) is 0.474. The molecule has 4 heterocycles. The van der Waals surface area contributed by atoms with Crippen molar-refractivity contribution in [2.45, 2.75) is 51.0 Å². The molecule has 3 aromatic rings. The van der Waals surface area contributed by atoms with Gasteiger partial charge in [-0.3, -0.25) is 14.6 Å². The number of anilines is 2. The smallest absolute Gasteiger partial charge is 0.253 e. The van der Waals surface area contributed by atoms with Crippen molar-refractivity contribution in [3.8, 4) is 5.75 Å². The summed E-state index contributed by atoms with van der Waals surface area (Å²) in [6.07, 6.45) is 5.15. The van der Waals surface area contributed by atoms with Crippen LogP contribution >= 0.6 is 22.9 Å². The molecule has 0 bridgehead atoms. The molecule has 0 atom stereocenters. The van der Waals surface area contributed by atoms with Gasteiger partial charge in [0.15, 0.2) is 0 Å². The summed E-state index contributed by atoms with van der Waals surface area (Å²) in [5.74, 6) is 1.12. The van der Waals surface area contributed by atoms with Gasteiger partial charge in [-0.05, 0) is 63.1 Å². The molecule has 11 heteroatoms. The van der Waals surface area contributed by atoms with Crippen molar-refractivity contribution in [1.82, 2.24) is 20.5 Å². The topological polar surface area (TPSA) is 101 Å². The summed E-state index contributed by atoms with van der Waals surface area (Å²) in [6, 6.07) is 7.75. The maximum absolute atomic E-state index is 14.0. The molecule has 2 amide bonds. The van der Waals surface area contributed by atoms with Gasteiger partial charge in [-0.15, -0.1) is 10.2 Å². The molecule has 1 aromatic carbocycles. The molecule has 2 aromatic heterocycles. The molecule has 1 N–H and O–H groups in total. The highest BCUT2D eigenvalue weighted by Gasteiger charge is 2.59. The Morgan fingerprint density at radius 1 is 1.18 bits per heavy atom. The van der Waals surface area contributed by atoms with Gasteiger partial charge in [-0.1, -0.05) is 29.0 Å². The lowest BCUT2D eigenvalue weighted by atomic mass is 9.75. The van der Waals surface area contributed by atoms with Gasteiger partial charge in [0.25, 0.3) is 5.91 Å². The summed E-state index contributed by atoms with van der Waals surface area (Å²) in [6.45, 7) is 5.62. The van der Waals surface area contributed by atoms with E-state index in [1.54, 1.807) is 30.7 Å². The molecular weight excluding hydrogens is 536 g/mol. The van der Waals surface area contributed by atoms with E-state index < -0.39 is 5.41 Å². The molecule has 2 fully saturated rings. The zero-order valence-corrected chi connectivity index (χ0v) is 23.8. The molecule has 39 heavy (non-hydrogen) atoms. The predicted octanol–water partition coefficient (Wildman–Crippen LogP) is 4.31. The van der Waals surface area contributed by atoms with Crippen LogP contribution in [-0.2, 0) is 10.2 Å². The highest BCUT2D eigenvalue weighted by Crippen LogP contribution is 2.50. The van der Waals surface area contributed by atoms with Crippen LogP contribution in [0.1, 0.15) is 52.3 Å². The number of ether oxygens (including phenoxy) is 1. The van der Waals surface area contributed by atoms with Gasteiger partial charge in [-0.2, -0.15) is 0 Å². The third-order valence-electron chi connectivity index (χ3n) is 8.29. The summed E-state index contributed by atoms with van der Waals surface area (Å²) < 4.78 is 5.51. The van der Waals surface area contributed by atoms with E-state index in [1.807, 2.05) is 36.9 Å². The van der Waals surface area contributed by atoms with Crippen molar-refractivity contribution < 1.29 is 14.3 Å². The van der Waals surface area contributed by atoms with Gasteiger partial charge in [0, 0.05) is 37.9 Å². The van der Waals surface area contributed by atoms with Crippen LogP contribution in [0.3, 0.4) is 0 Å². The fraction of sp³-hybridized carbons (Fsp3) is 0.464. The third kappa shape index (κ3) is 4.63. The molecule has 1 saturated carbocycles. The monoisotopic (exact) mass is 566 g/mol. The fourth-order valence-corrected chi connectivity index (χ4v) is 6.98. The Labute approximate surface area is 236 Å². The lowest BCUT2D eigenvalue weighted by molar-refractivity contribution is -0.124. The Morgan fingerprint density at radius 2 is 1.95 bits per heavy atom. The van der Waals surface area contributed by atoms with Gasteiger partial charge < -0.3 is 19.9 Å². The second-order valence-electron chi connectivity index (χ2n) is 10.8. The molecule has 3 aliphatic rings. The van der Waals surface area contributed by atoms with E-state index in [0.717, 1.165) is 52.8 Å². The Bertz CT molecular complexity index is 1430. The van der Waals surface area contributed by atoms with Gasteiger partial charge in [0.05, 0.1) is 29.1 Å². The number of carbonyl (C=O) groups is 2. The van der Waals surface area contributed by atoms with Gasteiger partial charge in [-0.25, -0.2) is 0 Å². The van der Waals surface area contributed by atoms with Crippen molar-refractivity contribution in [1.29, 1.82) is 0 Å². The summed E-state index contributed by atoms with van der Waals surface area (Å²) >= 11 is 7.61. The number of methoxy groups -OCH3 is 1. The first-order chi connectivity index (χ1) is 18.8. The normalized spacial score (nSPS) is 21.6. The van der Waals surface area contributed by atoms with Crippen molar-refractivity contribution in [3.05, 3.63) is 57.3 Å². The van der Waals surface area contributed by atoms with Crippen LogP contribution in [0.15, 0.2) is 30.5 Å². The van der Waals surface area contributed by atoms with Crippen molar-refractivity contribution in [2.24, 2.45) is 5.92 Å². The standard InChI is InChI=1S/C28H31ClN6O3S/c1-16-22(10-19(29)12-30-16)25(36)31-20-6-4-18(5-7-20)13-35-24-11-21(38-3)8-9-23(24)28(26(35)37)14-34(15-28)27-33-32-17(2)39-27/h8-12,18,20H,4-7,13-15H2,1-3H3,(H,31,36). The van der Waals surface area contributed by atoms with Crippen molar-refractivity contribution >= 4 is 45.6 Å². The number of aromatic nitrogens is 3. The summed E-state index contributed by atoms with van der Waals surface area (Å²) in [5.41, 5.74) is 2.64. The number of aryl methyl sites for hydroxylation is 2. The molecular formula is C28H31ClN6O3S. The van der Waals surface area contributed by atoms with E-state index in [0.29, 0.717) is 41.8 Å². The van der Waals surface area contributed by atoms with Crippen LogP contribution in [0, 0.1) is 19.8 Å². The zero-order chi connectivity index (χ0) is 27.3. The molecule has 0 unspecified atom stereocenters. The minimum Gasteiger partial charge on any atom is -0.497 e. The van der Waals surface area contributed by atoms with Crippen LogP contribution in [-0.4, -0.2) is 59.8 Å². The van der Waals surface area contributed by atoms with Gasteiger partial charge >= 0.3 is 0 Å². The number of fused-ring (bicyclic) bond motifs is 2. The van der Waals surface area contributed by atoms with Crippen LogP contribution in [0.4, 0.5) is 10.8 Å². The number of amides is 2. The maximum Gasteiger partial charge on any atom is 0.253 e. The van der Waals surface area contributed by atoms with E-state index in [1.165, 1.54) is 0 Å². The van der Waals surface area contributed by atoms with Crippen LogP contribution < -0.4 is 19.9 Å². The number of rotatable bonds is 6. The highest BCUT2D eigenvalue weighted by molar-refractivity contribution is 7.15. The second kappa shape index (κ2) is 10.1. The lowest BCUT2D eigenvalue weighted by Crippen LogP contribution is -2.64. The number of carbonyl (C=O) groups excluding carboxylic acids is 2. The van der Waals surface area contributed by atoms with Gasteiger partial charge in [0.2, 0.25) is 11.0 Å². The molecule has 6 rings (SSSR count). The Hall–Kier alpha value is -3.24. The number of halogens is 1. The first-order valence-electron chi connectivity index (χ1n) is 13.3. The Morgan fingerprint density at radius 3 is 2.64 bits per heavy atom. The zero-order valence-electron chi connectivity index (χ0n) is 22.2. The average molecular weight is 567 g/mol. The molecule has 9 nitrogen and oxygen atoms in total. The second-order valence-corrected chi connectivity index (χ2v) is 12.4. The molecule has 204 valence electrons. The van der Waals surface area contributed by atoms with Crippen LogP contribution in [0.2, 0.25) is 5.02 Å². The van der Waals surface area contributed by atoms with Crippen molar-refractivity contribution in [2.75, 3.05) is 36.5 Å². The lowest BCUT2D eigenvalue weighted by Gasteiger charge is -2.46. The summed E-state index contributed by atoms with van der Waals surface area (Å²) in [4.78, 5) is 35.2. The predicted molar refractivity (Wildman–Crippen MR) is 151 cm³/mol. The molecule has 1 saturated heterocycles. The third-order valence-corrected chi connectivity index (χ3v) is 9.40.